The molecule has 1 aliphatic rings. The molecule has 1 aliphatic heterocycles. The van der Waals surface area contributed by atoms with Crippen LogP contribution < -0.4 is 5.32 Å². The number of aliphatic hydroxyl groups is 2. The summed E-state index contributed by atoms with van der Waals surface area (Å²) < 4.78 is 0. The van der Waals surface area contributed by atoms with E-state index in [-0.39, 0.29) is 5.91 Å². The summed E-state index contributed by atoms with van der Waals surface area (Å²) in [4.78, 5) is 11.8. The highest BCUT2D eigenvalue weighted by atomic mass is 16.3. The summed E-state index contributed by atoms with van der Waals surface area (Å²) in [5, 5.41) is 23.4. The number of aliphatic hydroxyl groups excluding tert-OH is 1. The largest absolute Gasteiger partial charge is 0.386 e. The molecule has 3 N–H and O–H groups in total. The molecule has 1 heterocycles. The lowest BCUT2D eigenvalue weighted by atomic mass is 9.98. The first kappa shape index (κ1) is 24.6. The van der Waals surface area contributed by atoms with Gasteiger partial charge in [-0.15, -0.1) is 0 Å². The number of carbonyl (C=O) groups excluding carboxylic acids is 1. The Morgan fingerprint density at radius 2 is 1.59 bits per heavy atom. The summed E-state index contributed by atoms with van der Waals surface area (Å²) in [5.74, 6) is 0.335. The number of nitrogens with one attached hydrogen (secondary N) is 1. The fourth-order valence-corrected chi connectivity index (χ4v) is 2.53. The standard InChI is InChI=1S/C25H35NO3/c1-22-17-13-9-5-3-4-6-10-14-18-23(27)25(2,29)20-16-12-8-7-11-15-19-24(28)26-21-22/h5-12,14-16,18-20,22-23,27,29H,3-4,13,17,21H2,1-2H3,(H,26,28)/b9-5-,10-6-,11-7-,12-8-,18-14-,19-15+,20-16+. The van der Waals surface area contributed by atoms with E-state index in [1.807, 2.05) is 12.2 Å². The highest BCUT2D eigenvalue weighted by Crippen LogP contribution is 2.13. The highest BCUT2D eigenvalue weighted by molar-refractivity contribution is 5.87. The van der Waals surface area contributed by atoms with E-state index < -0.39 is 11.7 Å². The molecule has 0 aromatic carbocycles. The molecule has 29 heavy (non-hydrogen) atoms. The molecule has 3 atom stereocenters. The van der Waals surface area contributed by atoms with Crippen LogP contribution in [-0.2, 0) is 4.79 Å². The maximum atomic E-state index is 11.8. The average Bonchev–Trinajstić information content (AvgIpc) is 2.68. The van der Waals surface area contributed by atoms with E-state index in [4.69, 9.17) is 0 Å². The van der Waals surface area contributed by atoms with Crippen LogP contribution in [0.15, 0.2) is 85.1 Å². The minimum Gasteiger partial charge on any atom is -0.386 e. The van der Waals surface area contributed by atoms with Gasteiger partial charge >= 0.3 is 0 Å². The van der Waals surface area contributed by atoms with Crippen LogP contribution in [0.1, 0.15) is 39.5 Å². The van der Waals surface area contributed by atoms with Crippen molar-refractivity contribution in [1.29, 1.82) is 0 Å². The fourth-order valence-electron chi connectivity index (χ4n) is 2.53. The minimum atomic E-state index is -1.36. The highest BCUT2D eigenvalue weighted by Gasteiger charge is 2.24. The Labute approximate surface area is 175 Å². The molecule has 4 heteroatoms. The van der Waals surface area contributed by atoms with Crippen molar-refractivity contribution < 1.29 is 15.0 Å². The van der Waals surface area contributed by atoms with Crippen LogP contribution in [-0.4, -0.2) is 34.4 Å². The Hall–Kier alpha value is -2.43. The molecule has 0 spiro atoms. The zero-order valence-corrected chi connectivity index (χ0v) is 17.6. The van der Waals surface area contributed by atoms with Crippen LogP contribution in [0.25, 0.3) is 0 Å². The molecule has 0 bridgehead atoms. The molecule has 0 saturated carbocycles. The molecule has 0 aromatic heterocycles. The van der Waals surface area contributed by atoms with Crippen LogP contribution in [0.2, 0.25) is 0 Å². The number of allylic oxidation sites excluding steroid dienone is 11. The SMILES string of the molecule is CC1CC/C=C\CC/C=C\C=C/C(O)C(C)(O)/C=C/C=C\C=C/C=C/C(=O)NC1. The molecule has 1 rings (SSSR count). The summed E-state index contributed by atoms with van der Waals surface area (Å²) in [6, 6.07) is 0. The predicted octanol–water partition coefficient (Wildman–Crippen LogP) is 4.32. The number of amides is 1. The van der Waals surface area contributed by atoms with E-state index >= 15 is 0 Å². The van der Waals surface area contributed by atoms with Crippen LogP contribution >= 0.6 is 0 Å². The van der Waals surface area contributed by atoms with E-state index in [1.54, 1.807) is 61.6 Å². The minimum absolute atomic E-state index is 0.0970. The quantitative estimate of drug-likeness (QED) is 0.533. The van der Waals surface area contributed by atoms with Gasteiger partial charge in [0.1, 0.15) is 11.7 Å². The molecule has 0 aromatic rings. The van der Waals surface area contributed by atoms with Crippen molar-refractivity contribution in [2.45, 2.75) is 51.2 Å². The van der Waals surface area contributed by atoms with Gasteiger partial charge in [0.2, 0.25) is 5.91 Å². The number of hydrogen-bond donors (Lipinski definition) is 3. The van der Waals surface area contributed by atoms with Gasteiger partial charge in [0.05, 0.1) is 0 Å². The van der Waals surface area contributed by atoms with Gasteiger partial charge in [-0.3, -0.25) is 4.79 Å². The summed E-state index contributed by atoms with van der Waals surface area (Å²) in [5.41, 5.74) is -1.36. The lowest BCUT2D eigenvalue weighted by Crippen LogP contribution is -2.35. The molecular weight excluding hydrogens is 362 g/mol. The maximum Gasteiger partial charge on any atom is 0.243 e. The number of carbonyl (C=O) groups is 1. The van der Waals surface area contributed by atoms with Gasteiger partial charge in [-0.05, 0) is 38.5 Å². The lowest BCUT2D eigenvalue weighted by molar-refractivity contribution is -0.116. The Morgan fingerprint density at radius 1 is 0.931 bits per heavy atom. The Balaban J connectivity index is 2.74. The first-order valence-corrected chi connectivity index (χ1v) is 10.3. The van der Waals surface area contributed by atoms with Crippen molar-refractivity contribution in [3.63, 3.8) is 0 Å². The maximum absolute atomic E-state index is 11.8. The van der Waals surface area contributed by atoms with Crippen molar-refractivity contribution in [2.75, 3.05) is 6.54 Å². The molecule has 0 aliphatic carbocycles. The second kappa shape index (κ2) is 14.6. The van der Waals surface area contributed by atoms with E-state index in [9.17, 15) is 15.0 Å². The van der Waals surface area contributed by atoms with Crippen LogP contribution in [0.3, 0.4) is 0 Å². The van der Waals surface area contributed by atoms with Crippen LogP contribution in [0.5, 0.6) is 0 Å². The normalized spacial score (nSPS) is 35.9. The van der Waals surface area contributed by atoms with E-state index in [2.05, 4.69) is 24.4 Å². The average molecular weight is 398 g/mol. The van der Waals surface area contributed by atoms with Crippen molar-refractivity contribution in [1.82, 2.24) is 5.32 Å². The first-order valence-electron chi connectivity index (χ1n) is 10.3. The molecule has 0 fully saturated rings. The van der Waals surface area contributed by atoms with Gasteiger partial charge in [-0.1, -0.05) is 85.9 Å². The third-order valence-corrected chi connectivity index (χ3v) is 4.49. The third kappa shape index (κ3) is 12.6. The van der Waals surface area contributed by atoms with Crippen molar-refractivity contribution in [3.05, 3.63) is 85.1 Å². The van der Waals surface area contributed by atoms with Crippen molar-refractivity contribution in [3.8, 4) is 0 Å². The number of hydrogen-bond acceptors (Lipinski definition) is 3. The summed E-state index contributed by atoms with van der Waals surface area (Å²) in [7, 11) is 0. The zero-order valence-electron chi connectivity index (χ0n) is 17.6. The summed E-state index contributed by atoms with van der Waals surface area (Å²) in [6.07, 6.45) is 28.1. The topological polar surface area (TPSA) is 69.6 Å². The Bertz CT molecular complexity index is 678. The van der Waals surface area contributed by atoms with Crippen LogP contribution in [0, 0.1) is 5.92 Å². The summed E-state index contributed by atoms with van der Waals surface area (Å²) in [6.45, 7) is 4.37. The van der Waals surface area contributed by atoms with E-state index in [0.29, 0.717) is 12.5 Å². The van der Waals surface area contributed by atoms with Gasteiger partial charge < -0.3 is 15.5 Å². The van der Waals surface area contributed by atoms with Crippen molar-refractivity contribution in [2.24, 2.45) is 5.92 Å². The molecule has 1 amide bonds. The molecule has 0 saturated heterocycles. The molecule has 4 nitrogen and oxygen atoms in total. The van der Waals surface area contributed by atoms with E-state index in [0.717, 1.165) is 25.7 Å². The van der Waals surface area contributed by atoms with Crippen molar-refractivity contribution >= 4 is 5.91 Å². The Kier molecular flexibility index (Phi) is 12.3. The van der Waals surface area contributed by atoms with Crippen LogP contribution in [0.4, 0.5) is 0 Å². The van der Waals surface area contributed by atoms with Gasteiger partial charge in [0, 0.05) is 12.6 Å². The second-order valence-corrected chi connectivity index (χ2v) is 7.45. The number of rotatable bonds is 0. The van der Waals surface area contributed by atoms with Gasteiger partial charge in [0.15, 0.2) is 0 Å². The Morgan fingerprint density at radius 3 is 2.38 bits per heavy atom. The zero-order chi connectivity index (χ0) is 21.4. The fraction of sp³-hybridized carbons (Fsp3) is 0.400. The summed E-state index contributed by atoms with van der Waals surface area (Å²) >= 11 is 0. The predicted molar refractivity (Wildman–Crippen MR) is 121 cm³/mol. The monoisotopic (exact) mass is 397 g/mol. The van der Waals surface area contributed by atoms with Gasteiger partial charge in [-0.25, -0.2) is 0 Å². The lowest BCUT2D eigenvalue weighted by Gasteiger charge is -2.22. The molecular formula is C25H35NO3. The van der Waals surface area contributed by atoms with Gasteiger partial charge in [0.25, 0.3) is 0 Å². The second-order valence-electron chi connectivity index (χ2n) is 7.45. The molecule has 3 unspecified atom stereocenters. The van der Waals surface area contributed by atoms with Gasteiger partial charge in [-0.2, -0.15) is 0 Å². The molecule has 158 valence electrons. The first-order chi connectivity index (χ1) is 13.9. The third-order valence-electron chi connectivity index (χ3n) is 4.49. The van der Waals surface area contributed by atoms with E-state index in [1.165, 1.54) is 6.08 Å². The smallest absolute Gasteiger partial charge is 0.243 e. The molecule has 0 radical (unpaired) electrons.